The smallest absolute Gasteiger partial charge is 0.253 e. The van der Waals surface area contributed by atoms with Crippen molar-refractivity contribution in [3.05, 3.63) is 117 Å². The Morgan fingerprint density at radius 1 is 1.04 bits per heavy atom. The van der Waals surface area contributed by atoms with Crippen molar-refractivity contribution in [3.8, 4) is 17.4 Å². The number of fused-ring (bicyclic) bond motifs is 1. The molecule has 7 nitrogen and oxygen atoms in total. The molecule has 3 aromatic carbocycles. The number of benzene rings is 3. The Morgan fingerprint density at radius 3 is 2.53 bits per heavy atom. The van der Waals surface area contributed by atoms with Crippen LogP contribution in [0.4, 0.5) is 0 Å². The Morgan fingerprint density at radius 2 is 1.80 bits per heavy atom. The molecule has 0 unspecified atom stereocenters. The highest BCUT2D eigenvalue weighted by Gasteiger charge is 2.52. The fourth-order valence-electron chi connectivity index (χ4n) is 6.42. The van der Waals surface area contributed by atoms with E-state index >= 15 is 0 Å². The quantitative estimate of drug-likeness (QED) is 0.145. The van der Waals surface area contributed by atoms with Crippen LogP contribution in [0.15, 0.2) is 83.3 Å². The molecule has 1 amide bonds. The lowest BCUT2D eigenvalue weighted by Gasteiger charge is -2.21. The fourth-order valence-corrected chi connectivity index (χ4v) is 6.62. The van der Waals surface area contributed by atoms with E-state index in [0.29, 0.717) is 47.3 Å². The molecule has 2 aliphatic rings. The Bertz CT molecular complexity index is 1650. The monoisotopic (exact) mass is 621 g/mol. The summed E-state index contributed by atoms with van der Waals surface area (Å²) in [7, 11) is 0. The van der Waals surface area contributed by atoms with Gasteiger partial charge in [-0.15, -0.1) is 0 Å². The van der Waals surface area contributed by atoms with Gasteiger partial charge < -0.3 is 25.7 Å². The molecule has 0 radical (unpaired) electrons. The zero-order chi connectivity index (χ0) is 31.3. The van der Waals surface area contributed by atoms with Crippen LogP contribution in [0.2, 0.25) is 5.02 Å². The van der Waals surface area contributed by atoms with Crippen LogP contribution in [0.3, 0.4) is 0 Å². The number of rotatable bonds is 13. The molecule has 1 saturated carbocycles. The van der Waals surface area contributed by atoms with E-state index in [2.05, 4.69) is 65.4 Å². The number of hydrogen-bond donors (Lipinski definition) is 4. The average Bonchev–Trinajstić information content (AvgIpc) is 3.38. The van der Waals surface area contributed by atoms with Crippen molar-refractivity contribution >= 4 is 17.5 Å². The maximum atomic E-state index is 13.6. The van der Waals surface area contributed by atoms with E-state index in [-0.39, 0.29) is 18.0 Å². The molecule has 2 heterocycles. The van der Waals surface area contributed by atoms with Crippen molar-refractivity contribution in [1.29, 1.82) is 5.26 Å². The summed E-state index contributed by atoms with van der Waals surface area (Å²) < 4.78 is 6.17. The number of aryl methyl sites for hydroxylation is 1. The van der Waals surface area contributed by atoms with Crippen LogP contribution in [0, 0.1) is 36.0 Å². The van der Waals surface area contributed by atoms with E-state index < -0.39 is 0 Å². The van der Waals surface area contributed by atoms with Crippen LogP contribution in [0.1, 0.15) is 51.3 Å². The molecule has 1 aliphatic heterocycles. The van der Waals surface area contributed by atoms with E-state index in [1.165, 1.54) is 11.1 Å². The molecule has 4 N–H and O–H groups in total. The summed E-state index contributed by atoms with van der Waals surface area (Å²) in [5.74, 6) is 3.54. The van der Waals surface area contributed by atoms with Gasteiger partial charge in [0.2, 0.25) is 0 Å². The number of nitriles is 1. The van der Waals surface area contributed by atoms with Gasteiger partial charge in [-0.1, -0.05) is 53.6 Å². The molecule has 5 atom stereocenters. The minimum Gasteiger partial charge on any atom is -0.460 e. The third kappa shape index (κ3) is 7.66. The zero-order valence-electron chi connectivity index (χ0n) is 25.8. The number of amides is 1. The predicted molar refractivity (Wildman–Crippen MR) is 178 cm³/mol. The minimum absolute atomic E-state index is 0.154. The van der Waals surface area contributed by atoms with Crippen LogP contribution >= 0.6 is 11.6 Å². The molecule has 4 aromatic rings. The lowest BCUT2D eigenvalue weighted by atomic mass is 10.0. The number of hydrogen-bond acceptors (Lipinski definition) is 6. The van der Waals surface area contributed by atoms with Gasteiger partial charge in [-0.05, 0) is 111 Å². The summed E-state index contributed by atoms with van der Waals surface area (Å²) in [5, 5.41) is 23.4. The van der Waals surface area contributed by atoms with E-state index in [9.17, 15) is 10.1 Å². The fraction of sp³-hybridized carbons (Fsp3) is 0.351. The van der Waals surface area contributed by atoms with Crippen molar-refractivity contribution < 1.29 is 9.21 Å². The third-order valence-electron chi connectivity index (χ3n) is 9.26. The van der Waals surface area contributed by atoms with Gasteiger partial charge >= 0.3 is 0 Å². The lowest BCUT2D eigenvalue weighted by molar-refractivity contribution is 0.0936. The number of furan rings is 1. The van der Waals surface area contributed by atoms with Crippen molar-refractivity contribution in [1.82, 2.24) is 21.3 Å². The molecule has 45 heavy (non-hydrogen) atoms. The van der Waals surface area contributed by atoms with E-state index in [4.69, 9.17) is 16.0 Å². The highest BCUT2D eigenvalue weighted by Crippen LogP contribution is 2.48. The molecular weight excluding hydrogens is 582 g/mol. The second-order valence-corrected chi connectivity index (χ2v) is 12.9. The molecule has 6 rings (SSSR count). The Hall–Kier alpha value is -3.93. The van der Waals surface area contributed by atoms with Gasteiger partial charge in [-0.25, -0.2) is 0 Å². The van der Waals surface area contributed by atoms with Crippen LogP contribution in [0.25, 0.3) is 11.3 Å². The Kier molecular flexibility index (Phi) is 9.67. The van der Waals surface area contributed by atoms with Crippen molar-refractivity contribution in [2.75, 3.05) is 26.2 Å². The summed E-state index contributed by atoms with van der Waals surface area (Å²) in [5.41, 5.74) is 5.34. The van der Waals surface area contributed by atoms with Gasteiger partial charge in [0.05, 0.1) is 28.8 Å². The Labute approximate surface area is 270 Å². The first-order valence-electron chi connectivity index (χ1n) is 15.8. The van der Waals surface area contributed by atoms with E-state index in [0.717, 1.165) is 48.4 Å². The third-order valence-corrected chi connectivity index (χ3v) is 9.59. The average molecular weight is 622 g/mol. The molecule has 1 saturated heterocycles. The first kappa shape index (κ1) is 31.1. The predicted octanol–water partition coefficient (Wildman–Crippen LogP) is 6.03. The molecule has 8 heteroatoms. The molecule has 1 aromatic heterocycles. The number of piperidine rings is 1. The maximum absolute atomic E-state index is 13.6. The molecule has 0 spiro atoms. The van der Waals surface area contributed by atoms with Gasteiger partial charge in [0, 0.05) is 24.2 Å². The molecule has 1 aliphatic carbocycles. The van der Waals surface area contributed by atoms with Crippen molar-refractivity contribution in [2.24, 2.45) is 17.8 Å². The number of halogens is 1. The van der Waals surface area contributed by atoms with Crippen LogP contribution in [-0.2, 0) is 13.0 Å². The van der Waals surface area contributed by atoms with Gasteiger partial charge in [0.15, 0.2) is 0 Å². The summed E-state index contributed by atoms with van der Waals surface area (Å²) in [6.07, 6.45) is 0.635. The number of carbonyl (C=O) groups is 1. The Balaban J connectivity index is 1.10. The second-order valence-electron chi connectivity index (χ2n) is 12.5. The maximum Gasteiger partial charge on any atom is 0.253 e. The normalized spacial score (nSPS) is 19.8. The summed E-state index contributed by atoms with van der Waals surface area (Å²) >= 11 is 6.57. The SMILES string of the molecule is Cc1ccc([C@@H](C)NCc2ccc(-c3ccc(Cl)c(C(=O)N[C@@H](CNC[C@@H]4[C@H]5CNC[C@@H]45)Cc4ccc(C#N)cc4)c3)o2)cc1. The van der Waals surface area contributed by atoms with Crippen LogP contribution in [0.5, 0.6) is 0 Å². The van der Waals surface area contributed by atoms with E-state index in [1.54, 1.807) is 12.1 Å². The van der Waals surface area contributed by atoms with Gasteiger partial charge in [-0.2, -0.15) is 5.26 Å². The van der Waals surface area contributed by atoms with Crippen LogP contribution in [-0.4, -0.2) is 38.1 Å². The van der Waals surface area contributed by atoms with Gasteiger partial charge in [0.1, 0.15) is 11.5 Å². The van der Waals surface area contributed by atoms with Gasteiger partial charge in [-0.3, -0.25) is 4.79 Å². The summed E-state index contributed by atoms with van der Waals surface area (Å²) in [6, 6.07) is 27.6. The lowest BCUT2D eigenvalue weighted by Crippen LogP contribution is -2.44. The molecule has 232 valence electrons. The van der Waals surface area contributed by atoms with Gasteiger partial charge in [0.25, 0.3) is 5.91 Å². The van der Waals surface area contributed by atoms with Crippen LogP contribution < -0.4 is 21.3 Å². The number of nitrogens with zero attached hydrogens (tertiary/aromatic N) is 1. The summed E-state index contributed by atoms with van der Waals surface area (Å²) in [4.78, 5) is 13.6. The zero-order valence-corrected chi connectivity index (χ0v) is 26.5. The largest absolute Gasteiger partial charge is 0.460 e. The minimum atomic E-state index is -0.227. The first-order chi connectivity index (χ1) is 21.9. The molecular formula is C37H40ClN5O2. The second kappa shape index (κ2) is 14.0. The van der Waals surface area contributed by atoms with Crippen molar-refractivity contribution in [3.63, 3.8) is 0 Å². The summed E-state index contributed by atoms with van der Waals surface area (Å²) in [6.45, 7) is 8.61. The topological polar surface area (TPSA) is 102 Å². The van der Waals surface area contributed by atoms with E-state index in [1.807, 2.05) is 42.5 Å². The molecule has 2 fully saturated rings. The highest BCUT2D eigenvalue weighted by atomic mass is 35.5. The highest BCUT2D eigenvalue weighted by molar-refractivity contribution is 6.34. The van der Waals surface area contributed by atoms with Crippen molar-refractivity contribution in [2.45, 2.75) is 38.9 Å². The number of nitrogens with one attached hydrogen (secondary N) is 4. The standard InChI is InChI=1S/C37H40ClN5O2/c1-23-3-9-27(10-4-23)24(2)42-19-30-12-14-36(45-30)28-11-13-35(38)31(16-28)37(44)43-29(15-25-5-7-26(17-39)8-6-25)18-40-20-32-33-21-41-22-34(32)33/h3-14,16,24,29,32-34,40-42H,15,18-22H2,1-2H3,(H,43,44)/t24-,29-,32-,33-,34+/m1/s1. The first-order valence-corrected chi connectivity index (χ1v) is 16.2. The molecule has 0 bridgehead atoms. The number of carbonyl (C=O) groups excluding carboxylic acids is 1.